The minimum absolute atomic E-state index is 0.352. The summed E-state index contributed by atoms with van der Waals surface area (Å²) in [5, 5.41) is 0. The van der Waals surface area contributed by atoms with E-state index in [-0.39, 0.29) is 0 Å². The van der Waals surface area contributed by atoms with Gasteiger partial charge in [0.2, 0.25) is 0 Å². The van der Waals surface area contributed by atoms with Crippen molar-refractivity contribution in [3.63, 3.8) is 0 Å². The first kappa shape index (κ1) is 15.0. The topological polar surface area (TPSA) is 29.5 Å². The van der Waals surface area contributed by atoms with Crippen LogP contribution in [0.25, 0.3) is 0 Å². The Morgan fingerprint density at radius 2 is 1.95 bits per heavy atom. The van der Waals surface area contributed by atoms with Crippen molar-refractivity contribution in [3.8, 4) is 0 Å². The second-order valence-corrected chi connectivity index (χ2v) is 6.17. The Bertz CT molecular complexity index is 274. The summed E-state index contributed by atoms with van der Waals surface area (Å²) in [6.07, 6.45) is 9.84. The second-order valence-electron chi connectivity index (χ2n) is 6.17. The summed E-state index contributed by atoms with van der Waals surface area (Å²) in [7, 11) is 0. The van der Waals surface area contributed by atoms with Gasteiger partial charge >= 0.3 is 0 Å². The van der Waals surface area contributed by atoms with E-state index in [4.69, 9.17) is 4.74 Å². The lowest BCUT2D eigenvalue weighted by Crippen LogP contribution is -2.43. The molecule has 1 aliphatic heterocycles. The minimum atomic E-state index is 0.352. The molecule has 2 rings (SSSR count). The van der Waals surface area contributed by atoms with E-state index in [1.54, 1.807) is 0 Å². The van der Waals surface area contributed by atoms with Crippen molar-refractivity contribution < 1.29 is 9.53 Å². The van der Waals surface area contributed by atoms with Gasteiger partial charge in [-0.25, -0.2) is 0 Å². The number of hydrogen-bond donors (Lipinski definition) is 0. The van der Waals surface area contributed by atoms with Crippen molar-refractivity contribution in [2.45, 2.75) is 64.4 Å². The van der Waals surface area contributed by atoms with E-state index in [0.29, 0.717) is 24.3 Å². The molecule has 0 spiro atoms. The molecule has 2 aliphatic rings. The van der Waals surface area contributed by atoms with Crippen molar-refractivity contribution in [3.05, 3.63) is 0 Å². The Kier molecular flexibility index (Phi) is 6.32. The molecule has 1 unspecified atom stereocenters. The second kappa shape index (κ2) is 8.01. The van der Waals surface area contributed by atoms with Crippen molar-refractivity contribution in [2.75, 3.05) is 26.2 Å². The van der Waals surface area contributed by atoms with Crippen LogP contribution < -0.4 is 0 Å². The number of ether oxygens (including phenoxy) is 1. The van der Waals surface area contributed by atoms with Crippen molar-refractivity contribution in [2.24, 2.45) is 5.92 Å². The third kappa shape index (κ3) is 4.88. The van der Waals surface area contributed by atoms with Gasteiger partial charge in [-0.3, -0.25) is 9.69 Å². The fourth-order valence-electron chi connectivity index (χ4n) is 3.35. The van der Waals surface area contributed by atoms with Gasteiger partial charge in [0.15, 0.2) is 0 Å². The molecular weight excluding hydrogens is 238 g/mol. The van der Waals surface area contributed by atoms with Gasteiger partial charge in [-0.1, -0.05) is 26.2 Å². The van der Waals surface area contributed by atoms with Crippen LogP contribution in [0.5, 0.6) is 0 Å². The molecule has 0 bridgehead atoms. The summed E-state index contributed by atoms with van der Waals surface area (Å²) >= 11 is 0. The van der Waals surface area contributed by atoms with Crippen molar-refractivity contribution in [1.29, 1.82) is 0 Å². The van der Waals surface area contributed by atoms with Crippen molar-refractivity contribution in [1.82, 2.24) is 4.90 Å². The van der Waals surface area contributed by atoms with E-state index in [0.717, 1.165) is 45.4 Å². The first-order chi connectivity index (χ1) is 9.29. The summed E-state index contributed by atoms with van der Waals surface area (Å²) in [6.45, 7) is 5.70. The zero-order valence-electron chi connectivity index (χ0n) is 12.4. The largest absolute Gasteiger partial charge is 0.377 e. The summed E-state index contributed by atoms with van der Waals surface area (Å²) in [6, 6.07) is 0. The number of hydrogen-bond acceptors (Lipinski definition) is 3. The molecular formula is C16H29NO2. The Hall–Kier alpha value is -0.410. The molecule has 0 amide bonds. The number of carbonyl (C=O) groups is 1. The minimum Gasteiger partial charge on any atom is -0.377 e. The number of carbonyl (C=O) groups excluding carboxylic acids is 1. The first-order valence-electron chi connectivity index (χ1n) is 8.16. The lowest BCUT2D eigenvalue weighted by molar-refractivity contribution is -0.126. The van der Waals surface area contributed by atoms with Crippen molar-refractivity contribution >= 4 is 5.78 Å². The van der Waals surface area contributed by atoms with Crippen LogP contribution >= 0.6 is 0 Å². The van der Waals surface area contributed by atoms with E-state index in [1.165, 1.54) is 25.7 Å². The number of rotatable bonds is 6. The SMILES string of the molecule is CCCOC1CCCN(CC(=O)C2CCCCC2)C1. The fourth-order valence-corrected chi connectivity index (χ4v) is 3.35. The molecule has 19 heavy (non-hydrogen) atoms. The molecule has 0 N–H and O–H groups in total. The number of ketones is 1. The number of Topliss-reactive ketones (excluding diaryl/α,β-unsaturated/α-hetero) is 1. The number of likely N-dealkylation sites (tertiary alicyclic amines) is 1. The zero-order valence-corrected chi connectivity index (χ0v) is 12.4. The van der Waals surface area contributed by atoms with Crippen LogP contribution in [0.4, 0.5) is 0 Å². The monoisotopic (exact) mass is 267 g/mol. The average Bonchev–Trinajstić information content (AvgIpc) is 2.46. The maximum Gasteiger partial charge on any atom is 0.149 e. The molecule has 1 atom stereocenters. The van der Waals surface area contributed by atoms with Crippen LogP contribution in [0, 0.1) is 5.92 Å². The van der Waals surface area contributed by atoms with Gasteiger partial charge in [-0.2, -0.15) is 0 Å². The van der Waals surface area contributed by atoms with Crippen LogP contribution in [0.2, 0.25) is 0 Å². The van der Waals surface area contributed by atoms with Crippen LogP contribution in [0.15, 0.2) is 0 Å². The van der Waals surface area contributed by atoms with E-state index < -0.39 is 0 Å². The summed E-state index contributed by atoms with van der Waals surface area (Å²) in [4.78, 5) is 14.6. The van der Waals surface area contributed by atoms with Gasteiger partial charge in [0.1, 0.15) is 5.78 Å². The molecule has 0 aromatic heterocycles. The maximum absolute atomic E-state index is 12.3. The van der Waals surface area contributed by atoms with Crippen LogP contribution in [0.3, 0.4) is 0 Å². The van der Waals surface area contributed by atoms with E-state index in [9.17, 15) is 4.79 Å². The third-order valence-electron chi connectivity index (χ3n) is 4.46. The van der Waals surface area contributed by atoms with Gasteiger partial charge in [0.25, 0.3) is 0 Å². The molecule has 1 heterocycles. The molecule has 0 radical (unpaired) electrons. The maximum atomic E-state index is 12.3. The van der Waals surface area contributed by atoms with Crippen LogP contribution in [0.1, 0.15) is 58.3 Å². The van der Waals surface area contributed by atoms with Crippen LogP contribution in [-0.2, 0) is 9.53 Å². The first-order valence-corrected chi connectivity index (χ1v) is 8.16. The Labute approximate surface area is 117 Å². The number of nitrogens with zero attached hydrogens (tertiary/aromatic N) is 1. The molecule has 3 heteroatoms. The Morgan fingerprint density at radius 1 is 1.16 bits per heavy atom. The molecule has 1 saturated heterocycles. The molecule has 1 aliphatic carbocycles. The summed E-state index contributed by atoms with van der Waals surface area (Å²) in [5.74, 6) is 0.835. The van der Waals surface area contributed by atoms with Crippen LogP contribution in [-0.4, -0.2) is 43.0 Å². The van der Waals surface area contributed by atoms with Gasteiger partial charge in [-0.15, -0.1) is 0 Å². The quantitative estimate of drug-likeness (QED) is 0.741. The normalized spacial score (nSPS) is 26.5. The van der Waals surface area contributed by atoms with E-state index in [2.05, 4.69) is 11.8 Å². The standard InChI is InChI=1S/C16H29NO2/c1-2-11-19-15-9-6-10-17(12-15)13-16(18)14-7-4-3-5-8-14/h14-15H,2-13H2,1H3. The molecule has 0 aromatic carbocycles. The predicted molar refractivity (Wildman–Crippen MR) is 77.3 cm³/mol. The molecule has 110 valence electrons. The Balaban J connectivity index is 1.73. The average molecular weight is 267 g/mol. The molecule has 2 fully saturated rings. The smallest absolute Gasteiger partial charge is 0.149 e. The van der Waals surface area contributed by atoms with Gasteiger partial charge in [0, 0.05) is 19.1 Å². The zero-order chi connectivity index (χ0) is 13.5. The van der Waals surface area contributed by atoms with Gasteiger partial charge in [-0.05, 0) is 38.6 Å². The van der Waals surface area contributed by atoms with E-state index in [1.807, 2.05) is 0 Å². The van der Waals surface area contributed by atoms with E-state index >= 15 is 0 Å². The summed E-state index contributed by atoms with van der Waals surface area (Å²) < 4.78 is 5.84. The highest BCUT2D eigenvalue weighted by molar-refractivity contribution is 5.83. The fraction of sp³-hybridized carbons (Fsp3) is 0.938. The van der Waals surface area contributed by atoms with Gasteiger partial charge in [0.05, 0.1) is 12.6 Å². The predicted octanol–water partition coefficient (Wildman–Crippen LogP) is 3.03. The highest BCUT2D eigenvalue weighted by Gasteiger charge is 2.26. The summed E-state index contributed by atoms with van der Waals surface area (Å²) in [5.41, 5.74) is 0. The van der Waals surface area contributed by atoms with Gasteiger partial charge < -0.3 is 4.74 Å². The highest BCUT2D eigenvalue weighted by Crippen LogP contribution is 2.25. The number of piperidine rings is 1. The molecule has 3 nitrogen and oxygen atoms in total. The third-order valence-corrected chi connectivity index (χ3v) is 4.46. The molecule has 0 aromatic rings. The highest BCUT2D eigenvalue weighted by atomic mass is 16.5. The Morgan fingerprint density at radius 3 is 2.68 bits per heavy atom. The lowest BCUT2D eigenvalue weighted by atomic mass is 9.86. The molecule has 1 saturated carbocycles. The lowest BCUT2D eigenvalue weighted by Gasteiger charge is -2.33.